The van der Waals surface area contributed by atoms with Gasteiger partial charge in [-0.25, -0.2) is 15.0 Å². The van der Waals surface area contributed by atoms with E-state index in [1.165, 1.54) is 16.5 Å². The van der Waals surface area contributed by atoms with Gasteiger partial charge in [-0.3, -0.25) is 0 Å². The zero-order chi connectivity index (χ0) is 45.0. The number of rotatable bonds is 8. The normalized spacial score (nSPS) is 11.5. The summed E-state index contributed by atoms with van der Waals surface area (Å²) in [6.45, 7) is 0. The van der Waals surface area contributed by atoms with Crippen molar-refractivity contribution in [2.24, 2.45) is 0 Å². The lowest BCUT2D eigenvalue weighted by Crippen LogP contribution is -2.00. The Bertz CT molecular complexity index is 3870. The van der Waals surface area contributed by atoms with Gasteiger partial charge in [0.25, 0.3) is 0 Å². The minimum Gasteiger partial charge on any atom is -0.456 e. The molecule has 0 saturated carbocycles. The van der Waals surface area contributed by atoms with Gasteiger partial charge < -0.3 is 8.98 Å². The van der Waals surface area contributed by atoms with Crippen molar-refractivity contribution in [3.63, 3.8) is 0 Å². The van der Waals surface area contributed by atoms with Crippen LogP contribution in [-0.4, -0.2) is 19.5 Å². The van der Waals surface area contributed by atoms with Crippen molar-refractivity contribution in [3.05, 3.63) is 243 Å². The number of furan rings is 1. The van der Waals surface area contributed by atoms with Crippen molar-refractivity contribution in [2.75, 3.05) is 0 Å². The Labute approximate surface area is 392 Å². The van der Waals surface area contributed by atoms with Crippen LogP contribution in [0, 0.1) is 0 Å². The van der Waals surface area contributed by atoms with Crippen LogP contribution in [0.2, 0.25) is 0 Å². The van der Waals surface area contributed by atoms with Gasteiger partial charge in [-0.2, -0.15) is 0 Å². The fraction of sp³-hybridized carbons (Fsp3) is 0. The quantitative estimate of drug-likeness (QED) is 0.153. The van der Waals surface area contributed by atoms with E-state index in [1.807, 2.05) is 24.3 Å². The summed E-state index contributed by atoms with van der Waals surface area (Å²) in [5.74, 6) is 1.74. The molecule has 10 aromatic carbocycles. The molecule has 0 saturated heterocycles. The van der Waals surface area contributed by atoms with Crippen LogP contribution >= 0.6 is 0 Å². The molecule has 3 heterocycles. The van der Waals surface area contributed by atoms with Gasteiger partial charge >= 0.3 is 0 Å². The molecular weight excluding hydrogens is 829 g/mol. The standard InChI is InChI=1S/C63H40N4O/c1-5-15-41(16-6-1)44-25-29-46(30-26-44)61-64-62(47-31-27-45(28-32-47)42-17-7-2-8-18-42)66-63(65-61)50-39-53(60-52-23-13-14-24-58(52)68-59(60)40-50)49-34-36-57-55(38-49)54-37-48(43-19-9-3-10-20-43)33-35-56(54)67(57)51-21-11-4-12-22-51/h1-40H. The van der Waals surface area contributed by atoms with Gasteiger partial charge in [0.05, 0.1) is 11.0 Å². The number of para-hydroxylation sites is 2. The van der Waals surface area contributed by atoms with Gasteiger partial charge in [0.15, 0.2) is 17.5 Å². The molecule has 0 spiro atoms. The average molecular weight is 869 g/mol. The zero-order valence-electron chi connectivity index (χ0n) is 36.8. The molecule has 5 nitrogen and oxygen atoms in total. The number of hydrogen-bond donors (Lipinski definition) is 0. The zero-order valence-corrected chi connectivity index (χ0v) is 36.8. The highest BCUT2D eigenvalue weighted by Gasteiger charge is 2.21. The lowest BCUT2D eigenvalue weighted by atomic mass is 9.95. The maximum Gasteiger partial charge on any atom is 0.164 e. The van der Waals surface area contributed by atoms with Gasteiger partial charge in [-0.1, -0.05) is 188 Å². The number of benzene rings is 10. The van der Waals surface area contributed by atoms with Crippen molar-refractivity contribution in [1.29, 1.82) is 0 Å². The molecule has 0 fully saturated rings. The fourth-order valence-corrected chi connectivity index (χ4v) is 9.72. The van der Waals surface area contributed by atoms with Crippen LogP contribution in [0.4, 0.5) is 0 Å². The number of fused-ring (bicyclic) bond motifs is 6. The first-order valence-corrected chi connectivity index (χ1v) is 22.9. The van der Waals surface area contributed by atoms with E-state index in [4.69, 9.17) is 19.4 Å². The van der Waals surface area contributed by atoms with Gasteiger partial charge in [0.1, 0.15) is 11.2 Å². The van der Waals surface area contributed by atoms with Crippen molar-refractivity contribution >= 4 is 43.7 Å². The lowest BCUT2D eigenvalue weighted by molar-refractivity contribution is 0.669. The van der Waals surface area contributed by atoms with Gasteiger partial charge in [0, 0.05) is 43.9 Å². The van der Waals surface area contributed by atoms with Crippen molar-refractivity contribution in [1.82, 2.24) is 19.5 Å². The molecule has 318 valence electrons. The van der Waals surface area contributed by atoms with Crippen LogP contribution in [0.15, 0.2) is 247 Å². The molecule has 0 unspecified atom stereocenters. The van der Waals surface area contributed by atoms with Crippen LogP contribution in [0.5, 0.6) is 0 Å². The van der Waals surface area contributed by atoms with Crippen molar-refractivity contribution in [3.8, 4) is 84.4 Å². The number of hydrogen-bond acceptors (Lipinski definition) is 4. The van der Waals surface area contributed by atoms with E-state index in [9.17, 15) is 0 Å². The van der Waals surface area contributed by atoms with E-state index in [0.29, 0.717) is 17.5 Å². The van der Waals surface area contributed by atoms with Crippen LogP contribution in [0.25, 0.3) is 128 Å². The summed E-state index contributed by atoms with van der Waals surface area (Å²) in [7, 11) is 0. The summed E-state index contributed by atoms with van der Waals surface area (Å²) in [5, 5.41) is 4.44. The molecule has 0 aliphatic rings. The topological polar surface area (TPSA) is 56.7 Å². The van der Waals surface area contributed by atoms with E-state index < -0.39 is 0 Å². The predicted octanol–water partition coefficient (Wildman–Crippen LogP) is 16.5. The minimum absolute atomic E-state index is 0.558. The molecule has 5 heteroatoms. The molecule has 0 bridgehead atoms. The minimum atomic E-state index is 0.558. The third-order valence-corrected chi connectivity index (χ3v) is 13.1. The highest BCUT2D eigenvalue weighted by atomic mass is 16.3. The second-order valence-electron chi connectivity index (χ2n) is 17.2. The Kier molecular flexibility index (Phi) is 9.43. The van der Waals surface area contributed by atoms with Gasteiger partial charge in [-0.05, 0) is 99.1 Å². The molecule has 0 aliphatic heterocycles. The monoisotopic (exact) mass is 868 g/mol. The molecule has 0 amide bonds. The Morgan fingerprint density at radius 1 is 0.279 bits per heavy atom. The second kappa shape index (κ2) is 16.4. The van der Waals surface area contributed by atoms with Crippen LogP contribution < -0.4 is 0 Å². The summed E-state index contributed by atoms with van der Waals surface area (Å²) in [4.78, 5) is 15.7. The average Bonchev–Trinajstić information content (AvgIpc) is 3.97. The summed E-state index contributed by atoms with van der Waals surface area (Å²) >= 11 is 0. The molecule has 0 N–H and O–H groups in total. The Hall–Kier alpha value is -9.19. The van der Waals surface area contributed by atoms with Gasteiger partial charge in [0.2, 0.25) is 0 Å². The highest BCUT2D eigenvalue weighted by Crippen LogP contribution is 2.43. The van der Waals surface area contributed by atoms with E-state index in [2.05, 4.69) is 223 Å². The number of aromatic nitrogens is 4. The molecule has 3 aromatic heterocycles. The predicted molar refractivity (Wildman–Crippen MR) is 279 cm³/mol. The van der Waals surface area contributed by atoms with Crippen LogP contribution in [0.1, 0.15) is 0 Å². The largest absolute Gasteiger partial charge is 0.456 e. The molecule has 0 aliphatic carbocycles. The first-order chi connectivity index (χ1) is 33.7. The maximum atomic E-state index is 6.73. The van der Waals surface area contributed by atoms with Gasteiger partial charge in [-0.15, -0.1) is 0 Å². The first-order valence-electron chi connectivity index (χ1n) is 22.9. The molecule has 0 radical (unpaired) electrons. The third kappa shape index (κ3) is 6.93. The van der Waals surface area contributed by atoms with Crippen LogP contribution in [-0.2, 0) is 0 Å². The van der Waals surface area contributed by atoms with Crippen molar-refractivity contribution in [2.45, 2.75) is 0 Å². The van der Waals surface area contributed by atoms with E-state index in [0.717, 1.165) is 94.1 Å². The van der Waals surface area contributed by atoms with E-state index in [-0.39, 0.29) is 0 Å². The molecule has 68 heavy (non-hydrogen) atoms. The molecule has 13 aromatic rings. The Balaban J connectivity index is 1.02. The maximum absolute atomic E-state index is 6.73. The summed E-state index contributed by atoms with van der Waals surface area (Å²) < 4.78 is 9.10. The third-order valence-electron chi connectivity index (χ3n) is 13.1. The lowest BCUT2D eigenvalue weighted by Gasteiger charge is -2.12. The molecule has 0 atom stereocenters. The van der Waals surface area contributed by atoms with E-state index >= 15 is 0 Å². The smallest absolute Gasteiger partial charge is 0.164 e. The summed E-state index contributed by atoms with van der Waals surface area (Å²) in [5.41, 5.74) is 16.6. The first kappa shape index (κ1) is 39.2. The highest BCUT2D eigenvalue weighted by molar-refractivity contribution is 6.16. The number of nitrogens with zero attached hydrogens (tertiary/aromatic N) is 4. The Morgan fingerprint density at radius 3 is 1.25 bits per heavy atom. The molecule has 13 rings (SSSR count). The molecular formula is C63H40N4O. The second-order valence-corrected chi connectivity index (χ2v) is 17.2. The SMILES string of the molecule is c1ccc(-c2ccc(-c3nc(-c4ccc(-c5ccccc5)cc4)nc(-c4cc(-c5ccc6c(c5)c5cc(-c7ccccc7)ccc5n6-c5ccccc5)c5c(c4)oc4ccccc45)n3)cc2)cc1. The summed E-state index contributed by atoms with van der Waals surface area (Å²) in [6.07, 6.45) is 0. The Morgan fingerprint density at radius 2 is 0.691 bits per heavy atom. The summed E-state index contributed by atoms with van der Waals surface area (Å²) in [6, 6.07) is 85.3. The van der Waals surface area contributed by atoms with E-state index in [1.54, 1.807) is 0 Å². The van der Waals surface area contributed by atoms with Crippen molar-refractivity contribution < 1.29 is 4.42 Å². The van der Waals surface area contributed by atoms with Crippen LogP contribution in [0.3, 0.4) is 0 Å². The fourth-order valence-electron chi connectivity index (χ4n) is 9.72.